The molecule has 2 rings (SSSR count). The lowest BCUT2D eigenvalue weighted by atomic mass is 10.3. The molecule has 0 saturated heterocycles. The van der Waals surface area contributed by atoms with E-state index in [0.717, 1.165) is 11.5 Å². The van der Waals surface area contributed by atoms with E-state index in [1.807, 2.05) is 0 Å². The highest BCUT2D eigenvalue weighted by molar-refractivity contribution is 7.09. The van der Waals surface area contributed by atoms with Crippen LogP contribution in [0, 0.1) is 0 Å². The first-order chi connectivity index (χ1) is 8.20. The molecule has 2 aromatic rings. The van der Waals surface area contributed by atoms with Crippen molar-refractivity contribution in [3.05, 3.63) is 22.8 Å². The Morgan fingerprint density at radius 2 is 2.29 bits per heavy atom. The molecule has 0 aliphatic heterocycles. The average molecular weight is 271 g/mol. The third-order valence-corrected chi connectivity index (χ3v) is 2.65. The van der Waals surface area contributed by atoms with Crippen LogP contribution in [-0.2, 0) is 0 Å². The van der Waals surface area contributed by atoms with E-state index < -0.39 is 5.91 Å². The van der Waals surface area contributed by atoms with Crippen molar-refractivity contribution < 1.29 is 4.79 Å². The molecular weight excluding hydrogens is 264 g/mol. The number of carbonyl (C=O) groups is 1. The van der Waals surface area contributed by atoms with Gasteiger partial charge in [0.2, 0.25) is 5.13 Å². The maximum Gasteiger partial charge on any atom is 0.277 e. The Balaban J connectivity index is 2.24. The Morgan fingerprint density at radius 3 is 2.94 bits per heavy atom. The summed E-state index contributed by atoms with van der Waals surface area (Å²) >= 11 is 6.86. The van der Waals surface area contributed by atoms with Gasteiger partial charge in [0, 0.05) is 18.6 Å². The third kappa shape index (κ3) is 2.66. The van der Waals surface area contributed by atoms with Gasteiger partial charge in [0.1, 0.15) is 11.5 Å². The fourth-order valence-corrected chi connectivity index (χ4v) is 1.63. The molecule has 0 saturated carbocycles. The van der Waals surface area contributed by atoms with Crippen molar-refractivity contribution in [2.75, 3.05) is 17.7 Å². The minimum Gasteiger partial charge on any atom is -0.373 e. The minimum absolute atomic E-state index is 0.119. The first kappa shape index (κ1) is 11.7. The Morgan fingerprint density at radius 1 is 1.47 bits per heavy atom. The van der Waals surface area contributed by atoms with Gasteiger partial charge in [0.05, 0.1) is 5.02 Å². The number of nitrogens with one attached hydrogen (secondary N) is 2. The van der Waals surface area contributed by atoms with Crippen molar-refractivity contribution in [2.24, 2.45) is 0 Å². The van der Waals surface area contributed by atoms with Gasteiger partial charge in [-0.15, -0.1) is 0 Å². The zero-order valence-corrected chi connectivity index (χ0v) is 10.2. The zero-order valence-electron chi connectivity index (χ0n) is 8.64. The van der Waals surface area contributed by atoms with Gasteiger partial charge in [-0.2, -0.15) is 0 Å². The highest BCUT2D eigenvalue weighted by Crippen LogP contribution is 2.18. The number of carbonyl (C=O) groups excluding carboxylic acids is 1. The van der Waals surface area contributed by atoms with E-state index in [2.05, 4.69) is 30.4 Å². The molecule has 2 aromatic heterocycles. The largest absolute Gasteiger partial charge is 0.373 e. The average Bonchev–Trinajstić information content (AvgIpc) is 2.82. The molecule has 88 valence electrons. The molecule has 0 fully saturated rings. The molecule has 0 spiro atoms. The first-order valence-electron chi connectivity index (χ1n) is 4.51. The van der Waals surface area contributed by atoms with Gasteiger partial charge >= 0.3 is 0 Å². The van der Waals surface area contributed by atoms with Crippen LogP contribution in [0.3, 0.4) is 0 Å². The number of hydrogen-bond donors (Lipinski definition) is 2. The summed E-state index contributed by atoms with van der Waals surface area (Å²) in [6.07, 6.45) is 0. The molecule has 17 heavy (non-hydrogen) atoms. The van der Waals surface area contributed by atoms with E-state index in [1.165, 1.54) is 0 Å². The molecule has 0 atom stereocenters. The van der Waals surface area contributed by atoms with Crippen LogP contribution in [-0.4, -0.2) is 32.7 Å². The van der Waals surface area contributed by atoms with Crippen LogP contribution in [0.15, 0.2) is 12.1 Å². The van der Waals surface area contributed by atoms with Crippen molar-refractivity contribution >= 4 is 40.0 Å². The van der Waals surface area contributed by atoms with Crippen LogP contribution in [0.5, 0.6) is 0 Å². The van der Waals surface area contributed by atoms with E-state index in [0.29, 0.717) is 10.9 Å². The highest BCUT2D eigenvalue weighted by Gasteiger charge is 2.14. The van der Waals surface area contributed by atoms with Crippen LogP contribution >= 0.6 is 23.1 Å². The fraction of sp³-hybridized carbons (Fsp3) is 0.125. The Kier molecular flexibility index (Phi) is 3.45. The molecule has 9 heteroatoms. The van der Waals surface area contributed by atoms with E-state index in [4.69, 9.17) is 11.6 Å². The predicted molar refractivity (Wildman–Crippen MR) is 64.5 cm³/mol. The second kappa shape index (κ2) is 5.02. The van der Waals surface area contributed by atoms with Crippen LogP contribution in [0.4, 0.5) is 10.9 Å². The van der Waals surface area contributed by atoms with Crippen LogP contribution in [0.25, 0.3) is 0 Å². The van der Waals surface area contributed by atoms with Gasteiger partial charge in [0.25, 0.3) is 5.91 Å². The van der Waals surface area contributed by atoms with Gasteiger partial charge in [-0.25, -0.2) is 4.98 Å². The van der Waals surface area contributed by atoms with Crippen molar-refractivity contribution in [3.8, 4) is 0 Å². The molecule has 0 radical (unpaired) electrons. The Hall–Kier alpha value is -1.80. The van der Waals surface area contributed by atoms with Crippen LogP contribution < -0.4 is 10.6 Å². The van der Waals surface area contributed by atoms with Crippen molar-refractivity contribution in [1.29, 1.82) is 0 Å². The van der Waals surface area contributed by atoms with Gasteiger partial charge in [0.15, 0.2) is 0 Å². The smallest absolute Gasteiger partial charge is 0.277 e. The van der Waals surface area contributed by atoms with Crippen LogP contribution in [0.2, 0.25) is 5.02 Å². The first-order valence-corrected chi connectivity index (χ1v) is 5.66. The molecule has 0 bridgehead atoms. The predicted octanol–water partition coefficient (Wildman–Crippen LogP) is 1.28. The van der Waals surface area contributed by atoms with Crippen LogP contribution in [0.1, 0.15) is 10.5 Å². The van der Waals surface area contributed by atoms with Gasteiger partial charge in [-0.1, -0.05) is 21.2 Å². The number of rotatable bonds is 3. The second-order valence-corrected chi connectivity index (χ2v) is 4.04. The number of halogens is 1. The van der Waals surface area contributed by atoms with E-state index in [1.54, 1.807) is 19.2 Å². The summed E-state index contributed by atoms with van der Waals surface area (Å²) in [5.41, 5.74) is 0.119. The molecule has 0 aromatic carbocycles. The number of anilines is 2. The van der Waals surface area contributed by atoms with Gasteiger partial charge in [-0.05, 0) is 17.3 Å². The van der Waals surface area contributed by atoms with E-state index >= 15 is 0 Å². The molecular formula is C8H7ClN6OS. The second-order valence-electron chi connectivity index (χ2n) is 2.90. The summed E-state index contributed by atoms with van der Waals surface area (Å²) in [6, 6.07) is 3.26. The standard InChI is InChI=1S/C8H7ClN6OS/c1-10-5-3-2-4(9)6(11-5)7(16)12-8-13-14-15-17-8/h2-3H,1H3,(H,10,11)(H,12,13,15,16). The number of amides is 1. The molecule has 0 unspecified atom stereocenters. The SMILES string of the molecule is CNc1ccc(Cl)c(C(=O)Nc2nnns2)n1. The van der Waals surface area contributed by atoms with Crippen molar-refractivity contribution in [2.45, 2.75) is 0 Å². The summed E-state index contributed by atoms with van der Waals surface area (Å²) in [6.45, 7) is 0. The third-order valence-electron chi connectivity index (χ3n) is 1.84. The molecule has 0 aliphatic carbocycles. The van der Waals surface area contributed by atoms with E-state index in [-0.39, 0.29) is 10.7 Å². The van der Waals surface area contributed by atoms with Crippen molar-refractivity contribution in [3.63, 3.8) is 0 Å². The quantitative estimate of drug-likeness (QED) is 0.873. The minimum atomic E-state index is -0.453. The molecule has 1 amide bonds. The number of pyridine rings is 1. The number of hydrogen-bond acceptors (Lipinski definition) is 7. The van der Waals surface area contributed by atoms with E-state index in [9.17, 15) is 4.79 Å². The molecule has 2 N–H and O–H groups in total. The lowest BCUT2D eigenvalue weighted by molar-refractivity contribution is 0.102. The zero-order chi connectivity index (χ0) is 12.3. The summed E-state index contributed by atoms with van der Waals surface area (Å²) in [7, 11) is 1.70. The maximum absolute atomic E-state index is 11.8. The number of nitrogens with zero attached hydrogens (tertiary/aromatic N) is 4. The lowest BCUT2D eigenvalue weighted by Crippen LogP contribution is -2.15. The monoisotopic (exact) mass is 270 g/mol. The summed E-state index contributed by atoms with van der Waals surface area (Å²) < 4.78 is 3.53. The normalized spacial score (nSPS) is 10.0. The van der Waals surface area contributed by atoms with Crippen molar-refractivity contribution in [1.82, 2.24) is 19.8 Å². The summed E-state index contributed by atoms with van der Waals surface area (Å²) in [5, 5.41) is 12.8. The number of aromatic nitrogens is 4. The Labute approximate surface area is 105 Å². The maximum atomic E-state index is 11.8. The van der Waals surface area contributed by atoms with Gasteiger partial charge < -0.3 is 5.32 Å². The topological polar surface area (TPSA) is 92.7 Å². The van der Waals surface area contributed by atoms with Gasteiger partial charge in [-0.3, -0.25) is 10.1 Å². The highest BCUT2D eigenvalue weighted by atomic mass is 35.5. The Bertz CT molecular complexity index is 531. The summed E-state index contributed by atoms with van der Waals surface area (Å²) in [4.78, 5) is 15.9. The lowest BCUT2D eigenvalue weighted by Gasteiger charge is -2.05. The molecule has 0 aliphatic rings. The molecule has 2 heterocycles. The molecule has 7 nitrogen and oxygen atoms in total. The summed E-state index contributed by atoms with van der Waals surface area (Å²) in [5.74, 6) is 0.0978. The fourth-order valence-electron chi connectivity index (χ4n) is 1.08.